The minimum atomic E-state index is -0.156. The van der Waals surface area contributed by atoms with Gasteiger partial charge in [0.15, 0.2) is 11.5 Å². The lowest BCUT2D eigenvalue weighted by Gasteiger charge is -2.34. The quantitative estimate of drug-likeness (QED) is 0.719. The molecule has 1 aliphatic heterocycles. The molecule has 1 atom stereocenters. The summed E-state index contributed by atoms with van der Waals surface area (Å²) in [5.41, 5.74) is 2.60. The Kier molecular flexibility index (Phi) is 5.28. The summed E-state index contributed by atoms with van der Waals surface area (Å²) in [4.78, 5) is 19.4. The number of aromatic nitrogens is 3. The largest absolute Gasteiger partial charge is 0.352 e. The van der Waals surface area contributed by atoms with E-state index in [-0.39, 0.29) is 5.91 Å². The molecule has 1 aliphatic rings. The van der Waals surface area contributed by atoms with Crippen LogP contribution in [0, 0.1) is 0 Å². The molecule has 1 unspecified atom stereocenters. The van der Waals surface area contributed by atoms with E-state index in [9.17, 15) is 4.79 Å². The van der Waals surface area contributed by atoms with Crippen LogP contribution in [0.5, 0.6) is 0 Å². The summed E-state index contributed by atoms with van der Waals surface area (Å²) in [5, 5.41) is 7.59. The number of nitrogens with zero attached hydrogens (tertiary/aromatic N) is 4. The predicted molar refractivity (Wildman–Crippen MR) is 112 cm³/mol. The molecule has 1 aromatic carbocycles. The van der Waals surface area contributed by atoms with Crippen LogP contribution >= 0.6 is 0 Å². The number of piperidine rings is 1. The van der Waals surface area contributed by atoms with Crippen LogP contribution in [0.25, 0.3) is 5.65 Å². The first-order valence-corrected chi connectivity index (χ1v) is 10.2. The van der Waals surface area contributed by atoms with Crippen LogP contribution in [0.15, 0.2) is 42.6 Å². The Balaban J connectivity index is 1.50. The van der Waals surface area contributed by atoms with Gasteiger partial charge in [-0.3, -0.25) is 4.79 Å². The number of rotatable bonds is 5. The summed E-state index contributed by atoms with van der Waals surface area (Å²) >= 11 is 0. The van der Waals surface area contributed by atoms with E-state index in [1.807, 2.05) is 36.4 Å². The maximum Gasteiger partial charge on any atom is 0.256 e. The fraction of sp³-hybridized carbons (Fsp3) is 0.409. The molecule has 1 amide bonds. The molecule has 2 aromatic heterocycles. The Labute approximate surface area is 165 Å². The van der Waals surface area contributed by atoms with Gasteiger partial charge < -0.3 is 10.2 Å². The van der Waals surface area contributed by atoms with E-state index >= 15 is 0 Å². The number of carbonyl (C=O) groups excluding carboxylic acids is 1. The van der Waals surface area contributed by atoms with E-state index in [1.54, 1.807) is 10.7 Å². The third-order valence-electron chi connectivity index (χ3n) is 5.40. The maximum absolute atomic E-state index is 12.5. The lowest BCUT2D eigenvalue weighted by Crippen LogP contribution is -2.38. The van der Waals surface area contributed by atoms with Crippen molar-refractivity contribution in [3.63, 3.8) is 0 Å². The van der Waals surface area contributed by atoms with Gasteiger partial charge in [0.1, 0.15) is 5.82 Å². The monoisotopic (exact) mass is 377 g/mol. The van der Waals surface area contributed by atoms with Crippen LogP contribution in [-0.4, -0.2) is 33.1 Å². The van der Waals surface area contributed by atoms with Crippen LogP contribution in [-0.2, 0) is 6.42 Å². The fourth-order valence-corrected chi connectivity index (χ4v) is 3.82. The van der Waals surface area contributed by atoms with Crippen molar-refractivity contribution in [3.05, 3.63) is 53.7 Å². The van der Waals surface area contributed by atoms with Crippen molar-refractivity contribution < 1.29 is 4.79 Å². The van der Waals surface area contributed by atoms with Crippen molar-refractivity contribution in [1.29, 1.82) is 0 Å². The van der Waals surface area contributed by atoms with E-state index < -0.39 is 0 Å². The van der Waals surface area contributed by atoms with Crippen molar-refractivity contribution in [3.8, 4) is 0 Å². The molecule has 3 heterocycles. The molecule has 28 heavy (non-hydrogen) atoms. The zero-order chi connectivity index (χ0) is 19.5. The topological polar surface area (TPSA) is 62.5 Å². The van der Waals surface area contributed by atoms with Gasteiger partial charge in [0, 0.05) is 18.2 Å². The molecule has 0 spiro atoms. The van der Waals surface area contributed by atoms with E-state index in [2.05, 4.69) is 29.0 Å². The number of fused-ring (bicyclic) bond motifs is 1. The Hall–Kier alpha value is -2.89. The second-order valence-electron chi connectivity index (χ2n) is 7.56. The molecule has 146 valence electrons. The summed E-state index contributed by atoms with van der Waals surface area (Å²) in [6.45, 7) is 5.43. The molecule has 6 heteroatoms. The summed E-state index contributed by atoms with van der Waals surface area (Å²) in [7, 11) is 0. The molecular formula is C22H27N5O. The third-order valence-corrected chi connectivity index (χ3v) is 5.40. The van der Waals surface area contributed by atoms with Gasteiger partial charge >= 0.3 is 0 Å². The highest BCUT2D eigenvalue weighted by molar-refractivity contribution is 6.03. The van der Waals surface area contributed by atoms with Crippen molar-refractivity contribution in [1.82, 2.24) is 14.6 Å². The highest BCUT2D eigenvalue weighted by atomic mass is 16.1. The first-order valence-electron chi connectivity index (χ1n) is 10.2. The Bertz CT molecular complexity index is 963. The highest BCUT2D eigenvalue weighted by Crippen LogP contribution is 2.23. The van der Waals surface area contributed by atoms with Crippen LogP contribution in [0.3, 0.4) is 0 Å². The van der Waals surface area contributed by atoms with E-state index in [1.165, 1.54) is 24.8 Å². The van der Waals surface area contributed by atoms with Crippen molar-refractivity contribution >= 4 is 23.2 Å². The number of hydrogen-bond acceptors (Lipinski definition) is 4. The van der Waals surface area contributed by atoms with Crippen molar-refractivity contribution in [2.75, 3.05) is 16.8 Å². The third kappa shape index (κ3) is 3.86. The maximum atomic E-state index is 12.5. The van der Waals surface area contributed by atoms with Crippen molar-refractivity contribution in [2.24, 2.45) is 0 Å². The molecule has 1 fully saturated rings. The lowest BCUT2D eigenvalue weighted by molar-refractivity contribution is 0.102. The molecule has 4 rings (SSSR count). The number of amides is 1. The smallest absolute Gasteiger partial charge is 0.256 e. The average molecular weight is 377 g/mol. The normalized spacial score (nSPS) is 17.1. The summed E-state index contributed by atoms with van der Waals surface area (Å²) in [6.07, 6.45) is 7.57. The number of anilines is 2. The number of hydrogen-bond donors (Lipinski definition) is 1. The number of imidazole rings is 1. The number of aryl methyl sites for hydroxylation is 1. The highest BCUT2D eigenvalue weighted by Gasteiger charge is 2.20. The van der Waals surface area contributed by atoms with Crippen LogP contribution in [0.1, 0.15) is 55.5 Å². The van der Waals surface area contributed by atoms with Crippen LogP contribution in [0.4, 0.5) is 11.6 Å². The average Bonchev–Trinajstić information content (AvgIpc) is 3.10. The van der Waals surface area contributed by atoms with E-state index in [0.717, 1.165) is 30.9 Å². The molecule has 1 saturated heterocycles. The molecule has 0 radical (unpaired) electrons. The summed E-state index contributed by atoms with van der Waals surface area (Å²) in [6, 6.07) is 12.2. The Morgan fingerprint density at radius 2 is 2.00 bits per heavy atom. The minimum absolute atomic E-state index is 0.156. The first kappa shape index (κ1) is 18.5. The molecule has 1 N–H and O–H groups in total. The van der Waals surface area contributed by atoms with Gasteiger partial charge in [0.25, 0.3) is 5.91 Å². The zero-order valence-electron chi connectivity index (χ0n) is 16.6. The lowest BCUT2D eigenvalue weighted by atomic mass is 10.0. The Morgan fingerprint density at radius 3 is 2.75 bits per heavy atom. The van der Waals surface area contributed by atoms with Gasteiger partial charge in [0.2, 0.25) is 0 Å². The van der Waals surface area contributed by atoms with Crippen LogP contribution < -0.4 is 10.2 Å². The fourth-order valence-electron chi connectivity index (χ4n) is 3.82. The van der Waals surface area contributed by atoms with Crippen LogP contribution in [0.2, 0.25) is 0 Å². The minimum Gasteiger partial charge on any atom is -0.352 e. The Morgan fingerprint density at radius 1 is 1.18 bits per heavy atom. The second kappa shape index (κ2) is 8.00. The molecular weight excluding hydrogens is 350 g/mol. The molecule has 0 aliphatic carbocycles. The predicted octanol–water partition coefficient (Wildman–Crippen LogP) is 4.31. The molecule has 0 saturated carbocycles. The molecule has 3 aromatic rings. The van der Waals surface area contributed by atoms with Gasteiger partial charge in [-0.1, -0.05) is 25.5 Å². The zero-order valence-corrected chi connectivity index (χ0v) is 16.6. The second-order valence-corrected chi connectivity index (χ2v) is 7.56. The number of carbonyl (C=O) groups is 1. The number of nitrogens with one attached hydrogen (secondary N) is 1. The first-order chi connectivity index (χ1) is 13.6. The molecule has 6 nitrogen and oxygen atoms in total. The van der Waals surface area contributed by atoms with Crippen molar-refractivity contribution in [2.45, 2.75) is 52.0 Å². The van der Waals surface area contributed by atoms with Gasteiger partial charge in [-0.05, 0) is 62.4 Å². The van der Waals surface area contributed by atoms with Gasteiger partial charge in [-0.2, -0.15) is 0 Å². The summed E-state index contributed by atoms with van der Waals surface area (Å²) < 4.78 is 1.75. The SMILES string of the molecule is CCCc1ccc(C(=O)Nc2cn3nc(N4CCCCC4C)ccc3n2)cc1. The standard InChI is InChI=1S/C22H27N5O/c1-3-6-17-8-10-18(11-9-17)22(28)24-19-15-27-20(23-19)12-13-21(25-27)26-14-5-4-7-16(26)2/h8-13,15-16H,3-7,14H2,1-2H3,(H,24,28). The van der Waals surface area contributed by atoms with Gasteiger partial charge in [-0.15, -0.1) is 5.10 Å². The van der Waals surface area contributed by atoms with E-state index in [0.29, 0.717) is 17.4 Å². The van der Waals surface area contributed by atoms with Gasteiger partial charge in [0.05, 0.1) is 6.20 Å². The number of benzene rings is 1. The van der Waals surface area contributed by atoms with E-state index in [4.69, 9.17) is 5.10 Å². The summed E-state index contributed by atoms with van der Waals surface area (Å²) in [5.74, 6) is 1.32. The van der Waals surface area contributed by atoms with Gasteiger partial charge in [-0.25, -0.2) is 9.50 Å². The molecule has 0 bridgehead atoms.